The fourth-order valence-corrected chi connectivity index (χ4v) is 5.58. The Hall–Kier alpha value is -3.84. The molecule has 0 saturated heterocycles. The second-order valence-electron chi connectivity index (χ2n) is 11.7. The SMILES string of the molecule is COc1ccc(C(CC(N)=O)c2ccc(N/C(=N/C3CCCCC3)N(CCN(C)C)Cc3cccc(C)c3)cc2)cc1. The third kappa shape index (κ3) is 9.35. The summed E-state index contributed by atoms with van der Waals surface area (Å²) >= 11 is 0. The van der Waals surface area contributed by atoms with Crippen LogP contribution in [0.5, 0.6) is 5.75 Å². The number of rotatable bonds is 12. The van der Waals surface area contributed by atoms with Crippen molar-refractivity contribution in [2.75, 3.05) is 39.6 Å². The van der Waals surface area contributed by atoms with Gasteiger partial charge >= 0.3 is 0 Å². The number of aliphatic imine (C=N–C) groups is 1. The summed E-state index contributed by atoms with van der Waals surface area (Å²) in [5.74, 6) is 1.25. The number of anilines is 1. The molecule has 4 rings (SSSR count). The van der Waals surface area contributed by atoms with Crippen LogP contribution in [0.25, 0.3) is 0 Å². The number of primary amides is 1. The zero-order valence-electron chi connectivity index (χ0n) is 25.7. The molecule has 1 unspecified atom stereocenters. The summed E-state index contributed by atoms with van der Waals surface area (Å²) < 4.78 is 5.32. The molecule has 7 heteroatoms. The number of amides is 1. The van der Waals surface area contributed by atoms with Crippen LogP contribution in [0.15, 0.2) is 77.8 Å². The predicted molar refractivity (Wildman–Crippen MR) is 173 cm³/mol. The summed E-state index contributed by atoms with van der Waals surface area (Å²) in [6, 6.07) is 25.2. The first-order chi connectivity index (χ1) is 20.3. The number of nitrogens with zero attached hydrogens (tertiary/aromatic N) is 3. The van der Waals surface area contributed by atoms with E-state index in [4.69, 9.17) is 15.5 Å². The minimum absolute atomic E-state index is 0.129. The van der Waals surface area contributed by atoms with Crippen LogP contribution in [0.4, 0.5) is 5.69 Å². The number of methoxy groups -OCH3 is 1. The lowest BCUT2D eigenvalue weighted by Gasteiger charge is -2.30. The van der Waals surface area contributed by atoms with Gasteiger partial charge in [0.2, 0.25) is 5.91 Å². The van der Waals surface area contributed by atoms with Gasteiger partial charge in [-0.05, 0) is 74.8 Å². The Morgan fingerprint density at radius 2 is 1.64 bits per heavy atom. The minimum atomic E-state index is -0.326. The van der Waals surface area contributed by atoms with Crippen LogP contribution in [0, 0.1) is 6.92 Å². The van der Waals surface area contributed by atoms with E-state index in [1.54, 1.807) is 7.11 Å². The number of carbonyl (C=O) groups is 1. The first-order valence-corrected chi connectivity index (χ1v) is 15.1. The molecule has 3 N–H and O–H groups in total. The Kier molecular flexibility index (Phi) is 11.4. The molecule has 3 aromatic carbocycles. The maximum atomic E-state index is 12.0. The Balaban J connectivity index is 1.62. The number of ether oxygens (including phenoxy) is 1. The molecule has 1 saturated carbocycles. The molecule has 1 aliphatic carbocycles. The lowest BCUT2D eigenvalue weighted by atomic mass is 9.88. The summed E-state index contributed by atoms with van der Waals surface area (Å²) in [5, 5.41) is 3.70. The van der Waals surface area contributed by atoms with E-state index in [1.807, 2.05) is 24.3 Å². The highest BCUT2D eigenvalue weighted by Crippen LogP contribution is 2.30. The average Bonchev–Trinajstić information content (AvgIpc) is 2.99. The molecule has 0 spiro atoms. The number of likely N-dealkylation sites (N-methyl/N-ethyl adjacent to an activating group) is 1. The van der Waals surface area contributed by atoms with E-state index in [9.17, 15) is 4.79 Å². The van der Waals surface area contributed by atoms with Crippen LogP contribution >= 0.6 is 0 Å². The van der Waals surface area contributed by atoms with Crippen molar-refractivity contribution in [2.24, 2.45) is 10.7 Å². The van der Waals surface area contributed by atoms with E-state index in [0.29, 0.717) is 6.04 Å². The normalized spacial score (nSPS) is 14.9. The molecule has 0 aliphatic heterocycles. The van der Waals surface area contributed by atoms with E-state index in [0.717, 1.165) is 61.0 Å². The van der Waals surface area contributed by atoms with Gasteiger partial charge in [-0.3, -0.25) is 4.79 Å². The molecule has 1 aliphatic rings. The first-order valence-electron chi connectivity index (χ1n) is 15.1. The van der Waals surface area contributed by atoms with Gasteiger partial charge in [-0.15, -0.1) is 0 Å². The average molecular weight is 570 g/mol. The smallest absolute Gasteiger partial charge is 0.218 e. The third-order valence-electron chi connectivity index (χ3n) is 7.94. The lowest BCUT2D eigenvalue weighted by Crippen LogP contribution is -2.41. The van der Waals surface area contributed by atoms with Crippen molar-refractivity contribution in [3.8, 4) is 5.75 Å². The number of guanidine groups is 1. The maximum absolute atomic E-state index is 12.0. The molecule has 42 heavy (non-hydrogen) atoms. The monoisotopic (exact) mass is 569 g/mol. The van der Waals surface area contributed by atoms with Crippen LogP contribution in [0.2, 0.25) is 0 Å². The van der Waals surface area contributed by atoms with Gasteiger partial charge in [0, 0.05) is 37.7 Å². The molecule has 0 bridgehead atoms. The lowest BCUT2D eigenvalue weighted by molar-refractivity contribution is -0.118. The van der Waals surface area contributed by atoms with E-state index in [2.05, 4.69) is 84.7 Å². The second-order valence-corrected chi connectivity index (χ2v) is 11.7. The highest BCUT2D eigenvalue weighted by Gasteiger charge is 2.20. The van der Waals surface area contributed by atoms with Gasteiger partial charge in [-0.25, -0.2) is 4.99 Å². The largest absolute Gasteiger partial charge is 0.497 e. The van der Waals surface area contributed by atoms with Crippen molar-refractivity contribution in [3.05, 3.63) is 95.1 Å². The summed E-state index contributed by atoms with van der Waals surface area (Å²) in [6.45, 7) is 4.70. The highest BCUT2D eigenvalue weighted by molar-refractivity contribution is 5.94. The second kappa shape index (κ2) is 15.4. The van der Waals surface area contributed by atoms with Crippen molar-refractivity contribution in [1.29, 1.82) is 0 Å². The molecular weight excluding hydrogens is 522 g/mol. The van der Waals surface area contributed by atoms with Gasteiger partial charge in [-0.1, -0.05) is 73.4 Å². The summed E-state index contributed by atoms with van der Waals surface area (Å²) in [4.78, 5) is 21.9. The molecule has 0 radical (unpaired) electrons. The maximum Gasteiger partial charge on any atom is 0.218 e. The number of hydrogen-bond acceptors (Lipinski definition) is 4. The quantitative estimate of drug-likeness (QED) is 0.201. The van der Waals surface area contributed by atoms with Crippen molar-refractivity contribution >= 4 is 17.6 Å². The van der Waals surface area contributed by atoms with Gasteiger partial charge in [0.1, 0.15) is 5.75 Å². The zero-order valence-corrected chi connectivity index (χ0v) is 25.7. The van der Waals surface area contributed by atoms with Gasteiger partial charge in [0.05, 0.1) is 13.2 Å². The fourth-order valence-electron chi connectivity index (χ4n) is 5.58. The van der Waals surface area contributed by atoms with Gasteiger partial charge in [-0.2, -0.15) is 0 Å². The van der Waals surface area contributed by atoms with Crippen molar-refractivity contribution < 1.29 is 9.53 Å². The van der Waals surface area contributed by atoms with Crippen LogP contribution < -0.4 is 15.8 Å². The summed E-state index contributed by atoms with van der Waals surface area (Å²) in [6.07, 6.45) is 6.27. The molecule has 0 aromatic heterocycles. The topological polar surface area (TPSA) is 83.2 Å². The Morgan fingerprint density at radius 3 is 2.24 bits per heavy atom. The van der Waals surface area contributed by atoms with Gasteiger partial charge < -0.3 is 25.6 Å². The third-order valence-corrected chi connectivity index (χ3v) is 7.94. The summed E-state index contributed by atoms with van der Waals surface area (Å²) in [5.41, 5.74) is 11.2. The van der Waals surface area contributed by atoms with Gasteiger partial charge in [0.25, 0.3) is 0 Å². The van der Waals surface area contributed by atoms with Gasteiger partial charge in [0.15, 0.2) is 5.96 Å². The fraction of sp³-hybridized carbons (Fsp3) is 0.429. The van der Waals surface area contributed by atoms with E-state index < -0.39 is 0 Å². The highest BCUT2D eigenvalue weighted by atomic mass is 16.5. The summed E-state index contributed by atoms with van der Waals surface area (Å²) in [7, 11) is 5.87. The Bertz CT molecular complexity index is 1300. The van der Waals surface area contributed by atoms with Crippen LogP contribution in [-0.4, -0.2) is 62.0 Å². The van der Waals surface area contributed by atoms with Crippen LogP contribution in [0.3, 0.4) is 0 Å². The number of hydrogen-bond donors (Lipinski definition) is 2. The molecule has 1 fully saturated rings. The number of carbonyl (C=O) groups excluding carboxylic acids is 1. The minimum Gasteiger partial charge on any atom is -0.497 e. The van der Waals surface area contributed by atoms with E-state index >= 15 is 0 Å². The molecule has 0 heterocycles. The Labute approximate surface area is 251 Å². The molecule has 3 aromatic rings. The molecule has 224 valence electrons. The molecule has 1 atom stereocenters. The molecule has 7 nitrogen and oxygen atoms in total. The number of benzene rings is 3. The number of aryl methyl sites for hydroxylation is 1. The first kappa shape index (κ1) is 31.1. The van der Waals surface area contributed by atoms with Crippen LogP contribution in [0.1, 0.15) is 66.7 Å². The number of nitrogens with one attached hydrogen (secondary N) is 1. The standard InChI is InChI=1S/C35H47N5O2/c1-26-9-8-10-27(23-26)25-40(22-21-39(2)3)35(37-30-11-6-5-7-12-30)38-31-17-13-28(14-18-31)33(24-34(36)41)29-15-19-32(42-4)20-16-29/h8-10,13-20,23,30,33H,5-7,11-12,21-22,24-25H2,1-4H3,(H2,36,41)(H,37,38). The van der Waals surface area contributed by atoms with Crippen LogP contribution in [-0.2, 0) is 11.3 Å². The predicted octanol–water partition coefficient (Wildman–Crippen LogP) is 6.18. The van der Waals surface area contributed by atoms with Crippen molar-refractivity contribution in [2.45, 2.75) is 64.0 Å². The van der Waals surface area contributed by atoms with Crippen molar-refractivity contribution in [3.63, 3.8) is 0 Å². The molecular formula is C35H47N5O2. The van der Waals surface area contributed by atoms with E-state index in [-0.39, 0.29) is 18.2 Å². The van der Waals surface area contributed by atoms with Crippen molar-refractivity contribution in [1.82, 2.24) is 9.80 Å². The number of nitrogens with two attached hydrogens (primary N) is 1. The Morgan fingerprint density at radius 1 is 0.976 bits per heavy atom. The zero-order chi connectivity index (χ0) is 29.9. The van der Waals surface area contributed by atoms with E-state index in [1.165, 1.54) is 30.4 Å². The molecule has 1 amide bonds.